The van der Waals surface area contributed by atoms with Gasteiger partial charge in [-0.15, -0.1) is 4.91 Å². The first-order valence-corrected chi connectivity index (χ1v) is 8.20. The Bertz CT molecular complexity index is 575. The van der Waals surface area contributed by atoms with Gasteiger partial charge in [-0.25, -0.2) is 9.69 Å². The molecular weight excluding hydrogens is 326 g/mol. The molecule has 0 aliphatic carbocycles. The molecule has 0 saturated carbocycles. The zero-order valence-corrected chi connectivity index (χ0v) is 14.8. The molecule has 0 bridgehead atoms. The Morgan fingerprint density at radius 3 is 2.60 bits per heavy atom. The van der Waals surface area contributed by atoms with Gasteiger partial charge in [-0.05, 0) is 31.5 Å². The molecule has 0 aromatic heterocycles. The molecule has 1 aromatic carbocycles. The predicted octanol–water partition coefficient (Wildman–Crippen LogP) is 2.12. The van der Waals surface area contributed by atoms with Gasteiger partial charge in [0.15, 0.2) is 6.17 Å². The van der Waals surface area contributed by atoms with Crippen LogP contribution in [-0.4, -0.2) is 58.8 Å². The second kappa shape index (κ2) is 8.37. The summed E-state index contributed by atoms with van der Waals surface area (Å²) in [5.74, 6) is 0. The minimum atomic E-state index is -1.26. The topological polar surface area (TPSA) is 91.7 Å². The summed E-state index contributed by atoms with van der Waals surface area (Å²) < 4.78 is 10.7. The highest BCUT2D eigenvalue weighted by atomic mass is 16.6. The normalized spacial score (nSPS) is 20.2. The summed E-state index contributed by atoms with van der Waals surface area (Å²) in [6.45, 7) is 6.18. The van der Waals surface area contributed by atoms with Gasteiger partial charge in [-0.2, -0.15) is 0 Å². The lowest BCUT2D eigenvalue weighted by Gasteiger charge is -2.40. The van der Waals surface area contributed by atoms with E-state index in [-0.39, 0.29) is 19.7 Å². The van der Waals surface area contributed by atoms with E-state index in [1.165, 1.54) is 9.80 Å². The summed E-state index contributed by atoms with van der Waals surface area (Å²) in [6, 6.07) is 9.34. The van der Waals surface area contributed by atoms with Crippen molar-refractivity contribution in [3.05, 3.63) is 40.8 Å². The first-order valence-electron chi connectivity index (χ1n) is 8.20. The molecule has 1 aliphatic rings. The van der Waals surface area contributed by atoms with Gasteiger partial charge in [0.2, 0.25) is 6.41 Å². The van der Waals surface area contributed by atoms with Crippen LogP contribution in [-0.2, 0) is 16.1 Å². The third-order valence-electron chi connectivity index (χ3n) is 3.72. The molecule has 1 N–H and O–H groups in total. The molecule has 8 nitrogen and oxygen atoms in total. The quantitative estimate of drug-likeness (QED) is 0.645. The Kier molecular flexibility index (Phi) is 6.46. The molecule has 8 heteroatoms. The number of nitrogens with zero attached hydrogens (tertiary/aromatic N) is 3. The van der Waals surface area contributed by atoms with Crippen molar-refractivity contribution in [3.63, 3.8) is 0 Å². The first-order chi connectivity index (χ1) is 11.8. The standard InChI is InChI=1S/C17H25N3O5/c1-17(2,3)25-16(22)20-10-9-19(11-14(20)18-23)15(21)24-12-13-7-5-4-6-8-13/h4-8,14,16,22H,9-12H2,1-3H3. The molecule has 25 heavy (non-hydrogen) atoms. The number of amides is 1. The molecule has 1 aromatic rings. The summed E-state index contributed by atoms with van der Waals surface area (Å²) in [6.07, 6.45) is -2.66. The highest BCUT2D eigenvalue weighted by Crippen LogP contribution is 2.19. The van der Waals surface area contributed by atoms with Crippen molar-refractivity contribution in [2.75, 3.05) is 19.6 Å². The number of carbonyl (C=O) groups excluding carboxylic acids is 1. The van der Waals surface area contributed by atoms with Gasteiger partial charge >= 0.3 is 6.09 Å². The Morgan fingerprint density at radius 1 is 1.32 bits per heavy atom. The molecule has 2 atom stereocenters. The van der Waals surface area contributed by atoms with Crippen LogP contribution in [0.25, 0.3) is 0 Å². The predicted molar refractivity (Wildman–Crippen MR) is 91.3 cm³/mol. The van der Waals surface area contributed by atoms with Gasteiger partial charge in [-0.3, -0.25) is 0 Å². The average Bonchev–Trinajstić information content (AvgIpc) is 2.58. The Hall–Kier alpha value is -2.03. The van der Waals surface area contributed by atoms with Crippen LogP contribution in [0.1, 0.15) is 26.3 Å². The van der Waals surface area contributed by atoms with Crippen molar-refractivity contribution < 1.29 is 19.4 Å². The average molecular weight is 351 g/mol. The number of hydrogen-bond donors (Lipinski definition) is 1. The zero-order chi connectivity index (χ0) is 18.4. The monoisotopic (exact) mass is 351 g/mol. The molecule has 2 rings (SSSR count). The fourth-order valence-corrected chi connectivity index (χ4v) is 2.49. The lowest BCUT2D eigenvalue weighted by atomic mass is 10.2. The number of aliphatic hydroxyl groups is 1. The van der Waals surface area contributed by atoms with Gasteiger partial charge in [-0.1, -0.05) is 30.3 Å². The molecule has 2 unspecified atom stereocenters. The number of piperazine rings is 1. The molecule has 0 radical (unpaired) electrons. The largest absolute Gasteiger partial charge is 0.445 e. The van der Waals surface area contributed by atoms with Crippen molar-refractivity contribution in [2.24, 2.45) is 5.18 Å². The van der Waals surface area contributed by atoms with Crippen LogP contribution in [0, 0.1) is 4.91 Å². The van der Waals surface area contributed by atoms with E-state index >= 15 is 0 Å². The number of aliphatic hydroxyl groups excluding tert-OH is 1. The number of nitroso groups, excluding NO2 is 1. The molecule has 138 valence electrons. The number of carbonyl (C=O) groups is 1. The van der Waals surface area contributed by atoms with Gasteiger partial charge < -0.3 is 19.5 Å². The highest BCUT2D eigenvalue weighted by molar-refractivity contribution is 5.67. The molecule has 1 heterocycles. The Labute approximate surface area is 147 Å². The highest BCUT2D eigenvalue weighted by Gasteiger charge is 2.36. The molecule has 1 saturated heterocycles. The SMILES string of the molecule is CC(C)(C)OC(O)N1CCN(C(=O)OCc2ccccc2)CC1N=O. The van der Waals surface area contributed by atoms with Gasteiger partial charge in [0.1, 0.15) is 6.61 Å². The number of hydrogen-bond acceptors (Lipinski definition) is 7. The fraction of sp³-hybridized carbons (Fsp3) is 0.588. The Balaban J connectivity index is 1.89. The summed E-state index contributed by atoms with van der Waals surface area (Å²) >= 11 is 0. The van der Waals surface area contributed by atoms with Crippen molar-refractivity contribution in [1.82, 2.24) is 9.80 Å². The molecule has 1 aliphatic heterocycles. The molecule has 0 spiro atoms. The lowest BCUT2D eigenvalue weighted by Crippen LogP contribution is -2.58. The van der Waals surface area contributed by atoms with Crippen LogP contribution in [0.15, 0.2) is 35.5 Å². The van der Waals surface area contributed by atoms with Gasteiger partial charge in [0.25, 0.3) is 0 Å². The van der Waals surface area contributed by atoms with Gasteiger partial charge in [0, 0.05) is 13.1 Å². The molecular formula is C17H25N3O5. The Morgan fingerprint density at radius 2 is 2.00 bits per heavy atom. The van der Waals surface area contributed by atoms with Crippen LogP contribution >= 0.6 is 0 Å². The van der Waals surface area contributed by atoms with Crippen LogP contribution in [0.2, 0.25) is 0 Å². The number of rotatable bonds is 5. The third kappa shape index (κ3) is 5.77. The summed E-state index contributed by atoms with van der Waals surface area (Å²) in [7, 11) is 0. The molecule has 1 amide bonds. The van der Waals surface area contributed by atoms with Crippen molar-refractivity contribution in [3.8, 4) is 0 Å². The maximum atomic E-state index is 12.2. The van der Waals surface area contributed by atoms with E-state index < -0.39 is 24.3 Å². The van der Waals surface area contributed by atoms with Crippen LogP contribution in [0.4, 0.5) is 4.79 Å². The van der Waals surface area contributed by atoms with Crippen molar-refractivity contribution in [2.45, 2.75) is 45.6 Å². The van der Waals surface area contributed by atoms with E-state index in [1.54, 1.807) is 20.8 Å². The summed E-state index contributed by atoms with van der Waals surface area (Å²) in [5.41, 5.74) is 0.312. The first kappa shape index (κ1) is 19.3. The smallest absolute Gasteiger partial charge is 0.410 e. The van der Waals surface area contributed by atoms with E-state index in [9.17, 15) is 14.8 Å². The van der Waals surface area contributed by atoms with Crippen molar-refractivity contribution in [1.29, 1.82) is 0 Å². The second-order valence-corrected chi connectivity index (χ2v) is 6.87. The minimum Gasteiger partial charge on any atom is -0.445 e. The molecule has 1 fully saturated rings. The summed E-state index contributed by atoms with van der Waals surface area (Å²) in [5, 5.41) is 13.2. The zero-order valence-electron chi connectivity index (χ0n) is 14.8. The van der Waals surface area contributed by atoms with E-state index in [2.05, 4.69) is 5.18 Å². The van der Waals surface area contributed by atoms with Crippen LogP contribution in [0.5, 0.6) is 0 Å². The van der Waals surface area contributed by atoms with Crippen molar-refractivity contribution >= 4 is 6.09 Å². The second-order valence-electron chi connectivity index (χ2n) is 6.87. The minimum absolute atomic E-state index is 0.0433. The van der Waals surface area contributed by atoms with E-state index in [4.69, 9.17) is 9.47 Å². The van der Waals surface area contributed by atoms with Crippen LogP contribution < -0.4 is 0 Å². The number of ether oxygens (including phenoxy) is 2. The van der Waals surface area contributed by atoms with Crippen LogP contribution in [0.3, 0.4) is 0 Å². The maximum Gasteiger partial charge on any atom is 0.410 e. The summed E-state index contributed by atoms with van der Waals surface area (Å²) in [4.78, 5) is 26.2. The van der Waals surface area contributed by atoms with E-state index in [0.29, 0.717) is 6.54 Å². The van der Waals surface area contributed by atoms with Gasteiger partial charge in [0.05, 0.1) is 12.1 Å². The maximum absolute atomic E-state index is 12.2. The third-order valence-corrected chi connectivity index (χ3v) is 3.72. The van der Waals surface area contributed by atoms with E-state index in [0.717, 1.165) is 5.56 Å². The van der Waals surface area contributed by atoms with E-state index in [1.807, 2.05) is 30.3 Å². The number of benzene rings is 1. The lowest BCUT2D eigenvalue weighted by molar-refractivity contribution is -0.253. The fourth-order valence-electron chi connectivity index (χ4n) is 2.49.